The van der Waals surface area contributed by atoms with Crippen molar-refractivity contribution in [1.29, 1.82) is 0 Å². The molecule has 0 radical (unpaired) electrons. The Balaban J connectivity index is 1.81. The summed E-state index contributed by atoms with van der Waals surface area (Å²) in [6.07, 6.45) is 4.91. The van der Waals surface area contributed by atoms with Crippen molar-refractivity contribution in [3.05, 3.63) is 22.6 Å². The molecule has 0 amide bonds. The van der Waals surface area contributed by atoms with Gasteiger partial charge in [-0.1, -0.05) is 0 Å². The van der Waals surface area contributed by atoms with Gasteiger partial charge in [0, 0.05) is 16.7 Å². The highest BCUT2D eigenvalue weighted by Crippen LogP contribution is 2.20. The molecule has 1 aliphatic rings. The Morgan fingerprint density at radius 3 is 3.12 bits per heavy atom. The van der Waals surface area contributed by atoms with Crippen molar-refractivity contribution in [2.45, 2.75) is 25.3 Å². The van der Waals surface area contributed by atoms with E-state index in [0.29, 0.717) is 17.1 Å². The van der Waals surface area contributed by atoms with Crippen molar-refractivity contribution in [3.63, 3.8) is 0 Å². The van der Waals surface area contributed by atoms with Gasteiger partial charge in [0.05, 0.1) is 6.61 Å². The maximum Gasteiger partial charge on any atom is 0.250 e. The van der Waals surface area contributed by atoms with E-state index in [1.807, 2.05) is 0 Å². The van der Waals surface area contributed by atoms with Gasteiger partial charge in [-0.25, -0.2) is 9.37 Å². The van der Waals surface area contributed by atoms with Crippen LogP contribution in [0.2, 0.25) is 0 Å². The molecular formula is C12H16BrFN2O. The third-order valence-corrected chi connectivity index (χ3v) is 3.57. The molecule has 0 aliphatic carbocycles. The number of nitrogens with zero attached hydrogens (tertiary/aromatic N) is 2. The van der Waals surface area contributed by atoms with E-state index in [0.717, 1.165) is 13.0 Å². The van der Waals surface area contributed by atoms with Crippen LogP contribution in [0.5, 0.6) is 5.88 Å². The first-order valence-electron chi connectivity index (χ1n) is 5.81. The second-order valence-corrected chi connectivity index (χ2v) is 5.27. The molecule has 1 fully saturated rings. The van der Waals surface area contributed by atoms with Crippen LogP contribution in [-0.4, -0.2) is 36.1 Å². The van der Waals surface area contributed by atoms with Crippen LogP contribution in [0.15, 0.2) is 16.7 Å². The van der Waals surface area contributed by atoms with E-state index in [-0.39, 0.29) is 5.88 Å². The number of halogens is 2. The predicted octanol–water partition coefficient (Wildman–Crippen LogP) is 2.85. The van der Waals surface area contributed by atoms with Crippen LogP contribution in [-0.2, 0) is 0 Å². The summed E-state index contributed by atoms with van der Waals surface area (Å²) in [5.41, 5.74) is 0. The molecule has 0 saturated carbocycles. The van der Waals surface area contributed by atoms with Gasteiger partial charge in [0.2, 0.25) is 5.88 Å². The van der Waals surface area contributed by atoms with Crippen molar-refractivity contribution in [2.24, 2.45) is 0 Å². The van der Waals surface area contributed by atoms with Gasteiger partial charge in [-0.15, -0.1) is 0 Å². The molecule has 1 aromatic rings. The van der Waals surface area contributed by atoms with Gasteiger partial charge < -0.3 is 9.64 Å². The molecular weight excluding hydrogens is 287 g/mol. The smallest absolute Gasteiger partial charge is 0.250 e. The lowest BCUT2D eigenvalue weighted by Crippen LogP contribution is -2.26. The molecule has 1 unspecified atom stereocenters. The Kier molecular flexibility index (Phi) is 4.34. The van der Waals surface area contributed by atoms with Gasteiger partial charge in [0.25, 0.3) is 0 Å². The molecule has 0 bridgehead atoms. The number of hydrogen-bond donors (Lipinski definition) is 0. The Morgan fingerprint density at radius 2 is 2.47 bits per heavy atom. The maximum atomic E-state index is 13.4. The zero-order valence-electron chi connectivity index (χ0n) is 9.83. The highest BCUT2D eigenvalue weighted by Gasteiger charge is 2.20. The molecule has 94 valence electrons. The highest BCUT2D eigenvalue weighted by atomic mass is 79.9. The first-order chi connectivity index (χ1) is 8.16. The van der Waals surface area contributed by atoms with E-state index >= 15 is 0 Å². The van der Waals surface area contributed by atoms with Gasteiger partial charge in [-0.3, -0.25) is 0 Å². The topological polar surface area (TPSA) is 25.4 Å². The fourth-order valence-corrected chi connectivity index (χ4v) is 2.45. The van der Waals surface area contributed by atoms with Gasteiger partial charge in [0.1, 0.15) is 0 Å². The van der Waals surface area contributed by atoms with Crippen LogP contribution in [0.1, 0.15) is 19.3 Å². The number of ether oxygens (including phenoxy) is 1. The molecule has 1 atom stereocenters. The Hall–Kier alpha value is -0.680. The zero-order chi connectivity index (χ0) is 12.3. The first kappa shape index (κ1) is 12.8. The van der Waals surface area contributed by atoms with Crippen LogP contribution in [0.4, 0.5) is 4.39 Å². The van der Waals surface area contributed by atoms with Crippen molar-refractivity contribution in [3.8, 4) is 5.88 Å². The van der Waals surface area contributed by atoms with E-state index in [9.17, 15) is 4.39 Å². The summed E-state index contributed by atoms with van der Waals surface area (Å²) in [6.45, 7) is 1.66. The van der Waals surface area contributed by atoms with Gasteiger partial charge in [-0.2, -0.15) is 0 Å². The summed E-state index contributed by atoms with van der Waals surface area (Å²) in [7, 11) is 2.12. The first-order valence-corrected chi connectivity index (χ1v) is 6.60. The minimum Gasteiger partial charge on any atom is -0.476 e. The second-order valence-electron chi connectivity index (χ2n) is 4.35. The number of aromatic nitrogens is 1. The van der Waals surface area contributed by atoms with Crippen LogP contribution in [0.25, 0.3) is 0 Å². The predicted molar refractivity (Wildman–Crippen MR) is 67.7 cm³/mol. The lowest BCUT2D eigenvalue weighted by atomic mass is 10.1. The molecule has 5 heteroatoms. The van der Waals surface area contributed by atoms with Crippen LogP contribution >= 0.6 is 15.9 Å². The van der Waals surface area contributed by atoms with Crippen LogP contribution in [0.3, 0.4) is 0 Å². The van der Waals surface area contributed by atoms with Crippen molar-refractivity contribution >= 4 is 15.9 Å². The second kappa shape index (κ2) is 5.78. The van der Waals surface area contributed by atoms with E-state index < -0.39 is 5.82 Å². The maximum absolute atomic E-state index is 13.4. The molecule has 3 nitrogen and oxygen atoms in total. The SMILES string of the molecule is CN1CCCC1CCOc1ncc(Br)cc1F. The van der Waals surface area contributed by atoms with Crippen LogP contribution in [0, 0.1) is 5.82 Å². The van der Waals surface area contributed by atoms with Gasteiger partial charge in [0.15, 0.2) is 5.82 Å². The average Bonchev–Trinajstić information content (AvgIpc) is 2.68. The Labute approximate surface area is 109 Å². The highest BCUT2D eigenvalue weighted by molar-refractivity contribution is 9.10. The molecule has 1 aliphatic heterocycles. The molecule has 2 rings (SSSR count). The van der Waals surface area contributed by atoms with E-state index in [1.54, 1.807) is 6.20 Å². The van der Waals surface area contributed by atoms with Crippen molar-refractivity contribution < 1.29 is 9.13 Å². The van der Waals surface area contributed by atoms with Gasteiger partial charge in [-0.05, 0) is 54.9 Å². The third kappa shape index (κ3) is 3.39. The van der Waals surface area contributed by atoms with Crippen LogP contribution < -0.4 is 4.74 Å². The monoisotopic (exact) mass is 302 g/mol. The summed E-state index contributed by atoms with van der Waals surface area (Å²) in [6, 6.07) is 1.93. The lowest BCUT2D eigenvalue weighted by molar-refractivity contribution is 0.222. The molecule has 0 spiro atoms. The number of hydrogen-bond acceptors (Lipinski definition) is 3. The summed E-state index contributed by atoms with van der Waals surface area (Å²) < 4.78 is 19.4. The minimum atomic E-state index is -0.417. The zero-order valence-corrected chi connectivity index (χ0v) is 11.4. The largest absolute Gasteiger partial charge is 0.476 e. The fourth-order valence-electron chi connectivity index (χ4n) is 2.14. The van der Waals surface area contributed by atoms with Crippen molar-refractivity contribution in [2.75, 3.05) is 20.2 Å². The number of rotatable bonds is 4. The number of pyridine rings is 1. The summed E-state index contributed by atoms with van der Waals surface area (Å²) >= 11 is 3.16. The Bertz CT molecular complexity index is 389. The summed E-state index contributed by atoms with van der Waals surface area (Å²) in [5, 5.41) is 0. The molecule has 2 heterocycles. The van der Waals surface area contributed by atoms with E-state index in [1.165, 1.54) is 18.9 Å². The number of likely N-dealkylation sites (tertiary alicyclic amines) is 1. The molecule has 1 saturated heterocycles. The standard InChI is InChI=1S/C12H16BrFN2O/c1-16-5-2-3-10(16)4-6-17-12-11(14)7-9(13)8-15-12/h7-8,10H,2-6H2,1H3. The average molecular weight is 303 g/mol. The quantitative estimate of drug-likeness (QED) is 0.855. The normalized spacial score (nSPS) is 20.8. The van der Waals surface area contributed by atoms with E-state index in [4.69, 9.17) is 4.74 Å². The fraction of sp³-hybridized carbons (Fsp3) is 0.583. The summed E-state index contributed by atoms with van der Waals surface area (Å²) in [4.78, 5) is 6.23. The van der Waals surface area contributed by atoms with Gasteiger partial charge >= 0.3 is 0 Å². The Morgan fingerprint density at radius 1 is 1.65 bits per heavy atom. The summed E-state index contributed by atoms with van der Waals surface area (Å²) in [5.74, 6) is -0.326. The molecule has 1 aromatic heterocycles. The third-order valence-electron chi connectivity index (χ3n) is 3.14. The lowest BCUT2D eigenvalue weighted by Gasteiger charge is -2.19. The molecule has 17 heavy (non-hydrogen) atoms. The molecule has 0 N–H and O–H groups in total. The van der Waals surface area contributed by atoms with E-state index in [2.05, 4.69) is 32.9 Å². The molecule has 0 aromatic carbocycles. The van der Waals surface area contributed by atoms with Crippen molar-refractivity contribution in [1.82, 2.24) is 9.88 Å². The minimum absolute atomic E-state index is 0.0915.